The summed E-state index contributed by atoms with van der Waals surface area (Å²) in [5.41, 5.74) is 11.1. The minimum atomic E-state index is -0.347. The molecule has 0 bridgehead atoms. The molecule has 1 saturated heterocycles. The van der Waals surface area contributed by atoms with Crippen LogP contribution in [0.15, 0.2) is 67.0 Å². The summed E-state index contributed by atoms with van der Waals surface area (Å²) in [7, 11) is 0. The number of nitrogen functional groups attached to an aromatic ring is 1. The first kappa shape index (κ1) is 27.7. The Bertz CT molecular complexity index is 1540. The van der Waals surface area contributed by atoms with Crippen molar-refractivity contribution in [3.8, 4) is 17.3 Å². The lowest BCUT2D eigenvalue weighted by molar-refractivity contribution is 0.0954. The maximum Gasteiger partial charge on any atom is 0.255 e. The second-order valence-electron chi connectivity index (χ2n) is 10.1. The van der Waals surface area contributed by atoms with Gasteiger partial charge in [-0.15, -0.1) is 0 Å². The fourth-order valence-electron chi connectivity index (χ4n) is 4.77. The molecule has 1 aliphatic heterocycles. The molecule has 2 aromatic heterocycles. The Hall–Kier alpha value is -4.88. The number of nitrogens with two attached hydrogens (primary N) is 1. The van der Waals surface area contributed by atoms with Crippen molar-refractivity contribution < 1.29 is 9.18 Å². The molecule has 0 radical (unpaired) electrons. The third-order valence-corrected chi connectivity index (χ3v) is 7.10. The Morgan fingerprint density at radius 3 is 2.61 bits per heavy atom. The van der Waals surface area contributed by atoms with E-state index in [9.17, 15) is 14.4 Å². The van der Waals surface area contributed by atoms with Crippen LogP contribution in [0.25, 0.3) is 11.3 Å². The third kappa shape index (κ3) is 7.21. The summed E-state index contributed by atoms with van der Waals surface area (Å²) in [5, 5.41) is 18.8. The topological polar surface area (TPSA) is 142 Å². The van der Waals surface area contributed by atoms with Crippen LogP contribution in [0.2, 0.25) is 0 Å². The Kier molecular flexibility index (Phi) is 8.76. The molecule has 1 amide bonds. The molecule has 208 valence electrons. The van der Waals surface area contributed by atoms with Gasteiger partial charge in [0.2, 0.25) is 0 Å². The largest absolute Gasteiger partial charge is 0.382 e. The zero-order valence-electron chi connectivity index (χ0n) is 22.5. The van der Waals surface area contributed by atoms with Gasteiger partial charge in [-0.2, -0.15) is 5.26 Å². The van der Waals surface area contributed by atoms with Gasteiger partial charge < -0.3 is 21.7 Å². The first-order valence-electron chi connectivity index (χ1n) is 13.6. The first-order chi connectivity index (χ1) is 20.0. The molecule has 5 N–H and O–H groups in total. The standard InChI is InChI=1S/C31H31FN8O/c32-25-7-3-20(4-8-25)10-12-36-31(41)26-13-23(15-33)18-39-30(26)38-17-21-1-5-24(6-2-21)28-19-37-29(34)27(40-28)14-22-9-11-35-16-22/h1-8,13,18-19,22,35H,9-12,14,16-17H2,(H2,34,37)(H,36,41)(H,38,39)/t22-/m0/s1. The Balaban J connectivity index is 1.22. The summed E-state index contributed by atoms with van der Waals surface area (Å²) in [5.74, 6) is 0.728. The predicted octanol–water partition coefficient (Wildman–Crippen LogP) is 3.87. The number of amides is 1. The molecule has 0 spiro atoms. The zero-order chi connectivity index (χ0) is 28.6. The van der Waals surface area contributed by atoms with Crippen molar-refractivity contribution in [3.63, 3.8) is 0 Å². The van der Waals surface area contributed by atoms with Crippen LogP contribution in [0, 0.1) is 23.1 Å². The monoisotopic (exact) mass is 550 g/mol. The molecule has 41 heavy (non-hydrogen) atoms. The number of hydrogen-bond donors (Lipinski definition) is 4. The second-order valence-corrected chi connectivity index (χ2v) is 10.1. The van der Waals surface area contributed by atoms with Gasteiger partial charge in [0.05, 0.1) is 28.7 Å². The number of rotatable bonds is 10. The average Bonchev–Trinajstić information content (AvgIpc) is 3.51. The highest BCUT2D eigenvalue weighted by Crippen LogP contribution is 2.23. The molecular formula is C31H31FN8O. The molecule has 1 aliphatic rings. The van der Waals surface area contributed by atoms with E-state index >= 15 is 0 Å². The van der Waals surface area contributed by atoms with Gasteiger partial charge in [0.25, 0.3) is 5.91 Å². The number of aromatic nitrogens is 3. The number of pyridine rings is 1. The van der Waals surface area contributed by atoms with E-state index in [0.717, 1.165) is 54.0 Å². The minimum absolute atomic E-state index is 0.280. The van der Waals surface area contributed by atoms with Crippen molar-refractivity contribution >= 4 is 17.5 Å². The van der Waals surface area contributed by atoms with Crippen LogP contribution in [-0.4, -0.2) is 40.5 Å². The van der Waals surface area contributed by atoms with Crippen LogP contribution in [0.4, 0.5) is 16.0 Å². The Labute approximate surface area is 238 Å². The van der Waals surface area contributed by atoms with E-state index in [1.165, 1.54) is 24.4 Å². The summed E-state index contributed by atoms with van der Waals surface area (Å²) < 4.78 is 13.1. The highest BCUT2D eigenvalue weighted by atomic mass is 19.1. The minimum Gasteiger partial charge on any atom is -0.382 e. The molecule has 0 saturated carbocycles. The first-order valence-corrected chi connectivity index (χ1v) is 13.6. The molecule has 3 heterocycles. The van der Waals surface area contributed by atoms with Crippen LogP contribution in [0.5, 0.6) is 0 Å². The number of anilines is 2. The van der Waals surface area contributed by atoms with Crippen molar-refractivity contribution in [2.24, 2.45) is 5.92 Å². The molecule has 9 nitrogen and oxygen atoms in total. The van der Waals surface area contributed by atoms with Gasteiger partial charge in [-0.05, 0) is 67.6 Å². The van der Waals surface area contributed by atoms with Gasteiger partial charge in [-0.3, -0.25) is 4.79 Å². The number of carbonyl (C=O) groups is 1. The lowest BCUT2D eigenvalue weighted by atomic mass is 10.0. The van der Waals surface area contributed by atoms with Crippen LogP contribution >= 0.6 is 0 Å². The Morgan fingerprint density at radius 1 is 1.10 bits per heavy atom. The number of nitrogens with zero attached hydrogens (tertiary/aromatic N) is 4. The maximum atomic E-state index is 13.1. The van der Waals surface area contributed by atoms with E-state index in [0.29, 0.717) is 37.1 Å². The molecule has 4 aromatic rings. The van der Waals surface area contributed by atoms with E-state index in [2.05, 4.69) is 25.9 Å². The maximum absolute atomic E-state index is 13.1. The molecule has 5 rings (SSSR count). The number of nitriles is 1. The van der Waals surface area contributed by atoms with Crippen LogP contribution in [0.1, 0.15) is 39.2 Å². The fraction of sp³-hybridized carbons (Fsp3) is 0.258. The van der Waals surface area contributed by atoms with E-state index < -0.39 is 0 Å². The van der Waals surface area contributed by atoms with E-state index in [4.69, 9.17) is 10.7 Å². The molecule has 0 aliphatic carbocycles. The van der Waals surface area contributed by atoms with Crippen LogP contribution < -0.4 is 21.7 Å². The van der Waals surface area contributed by atoms with Crippen LogP contribution in [0.3, 0.4) is 0 Å². The van der Waals surface area contributed by atoms with Crippen molar-refractivity contribution in [2.45, 2.75) is 25.8 Å². The molecule has 1 fully saturated rings. The van der Waals surface area contributed by atoms with Crippen molar-refractivity contribution in [1.29, 1.82) is 5.26 Å². The third-order valence-electron chi connectivity index (χ3n) is 7.10. The van der Waals surface area contributed by atoms with Gasteiger partial charge in [-0.25, -0.2) is 19.3 Å². The van der Waals surface area contributed by atoms with E-state index in [-0.39, 0.29) is 22.9 Å². The van der Waals surface area contributed by atoms with Crippen LogP contribution in [-0.2, 0) is 19.4 Å². The highest BCUT2D eigenvalue weighted by molar-refractivity contribution is 5.99. The lowest BCUT2D eigenvalue weighted by Gasteiger charge is -2.13. The summed E-state index contributed by atoms with van der Waals surface area (Å²) >= 11 is 0. The number of nitrogens with one attached hydrogen (secondary N) is 3. The quantitative estimate of drug-likeness (QED) is 0.233. The van der Waals surface area contributed by atoms with Crippen molar-refractivity contribution in [2.75, 3.05) is 30.7 Å². The summed E-state index contributed by atoms with van der Waals surface area (Å²) in [6, 6.07) is 17.6. The van der Waals surface area contributed by atoms with E-state index in [1.807, 2.05) is 30.3 Å². The molecule has 2 aromatic carbocycles. The van der Waals surface area contributed by atoms with Crippen molar-refractivity contribution in [3.05, 3.63) is 101 Å². The smallest absolute Gasteiger partial charge is 0.255 e. The SMILES string of the molecule is N#Cc1cnc(NCc2ccc(-c3cnc(N)c(C[C@@H]4CCNC4)n3)cc2)c(C(=O)NCCc2ccc(F)cc2)c1. The fourth-order valence-corrected chi connectivity index (χ4v) is 4.77. The average molecular weight is 551 g/mol. The van der Waals surface area contributed by atoms with Gasteiger partial charge in [-0.1, -0.05) is 36.4 Å². The highest BCUT2D eigenvalue weighted by Gasteiger charge is 2.18. The lowest BCUT2D eigenvalue weighted by Crippen LogP contribution is -2.27. The van der Waals surface area contributed by atoms with Gasteiger partial charge >= 0.3 is 0 Å². The van der Waals surface area contributed by atoms with Gasteiger partial charge in [0.15, 0.2) is 0 Å². The number of carbonyl (C=O) groups excluding carboxylic acids is 1. The number of halogens is 1. The van der Waals surface area contributed by atoms with Crippen molar-refractivity contribution in [1.82, 2.24) is 25.6 Å². The number of benzene rings is 2. The molecule has 0 unspecified atom stereocenters. The summed E-state index contributed by atoms with van der Waals surface area (Å²) in [6.07, 6.45) is 5.59. The molecule has 10 heteroatoms. The summed E-state index contributed by atoms with van der Waals surface area (Å²) in [6.45, 7) is 2.77. The second kappa shape index (κ2) is 13.0. The van der Waals surface area contributed by atoms with Gasteiger partial charge in [0, 0.05) is 24.8 Å². The predicted molar refractivity (Wildman–Crippen MR) is 155 cm³/mol. The van der Waals surface area contributed by atoms with Gasteiger partial charge in [0.1, 0.15) is 23.5 Å². The molecular weight excluding hydrogens is 519 g/mol. The normalized spacial score (nSPS) is 14.4. The zero-order valence-corrected chi connectivity index (χ0v) is 22.5. The Morgan fingerprint density at radius 2 is 1.88 bits per heavy atom. The summed E-state index contributed by atoms with van der Waals surface area (Å²) in [4.78, 5) is 26.5. The molecule has 1 atom stereocenters. The number of hydrogen-bond acceptors (Lipinski definition) is 8. The van der Waals surface area contributed by atoms with E-state index in [1.54, 1.807) is 18.3 Å².